The largest absolute Gasteiger partial charge is 0.481 e. The molecule has 1 aliphatic heterocycles. The predicted molar refractivity (Wildman–Crippen MR) is 205 cm³/mol. The highest BCUT2D eigenvalue weighted by atomic mass is 16.5. The van der Waals surface area contributed by atoms with Crippen molar-refractivity contribution < 1.29 is 24.2 Å². The maximum atomic E-state index is 13.2. The molecule has 1 heterocycles. The van der Waals surface area contributed by atoms with Gasteiger partial charge < -0.3 is 19.6 Å². The number of fused-ring (bicyclic) bond motifs is 5. The first-order valence-electron chi connectivity index (χ1n) is 20.8. The molecule has 0 aromatic carbocycles. The van der Waals surface area contributed by atoms with Crippen LogP contribution in [0.5, 0.6) is 0 Å². The van der Waals surface area contributed by atoms with Crippen molar-refractivity contribution >= 4 is 18.3 Å². The molecular formula is C43H78N2O5. The van der Waals surface area contributed by atoms with Gasteiger partial charge >= 0.3 is 11.9 Å². The first-order valence-corrected chi connectivity index (χ1v) is 20.8. The van der Waals surface area contributed by atoms with Crippen LogP contribution in [0.3, 0.4) is 0 Å². The topological polar surface area (TPSA) is 87.2 Å². The number of amides is 1. The zero-order valence-electron chi connectivity index (χ0n) is 34.3. The second kappa shape index (κ2) is 17.9. The quantitative estimate of drug-likeness (QED) is 0.190. The molecule has 5 rings (SSSR count). The average molecular weight is 703 g/mol. The Hall–Kier alpha value is -1.63. The van der Waals surface area contributed by atoms with Crippen molar-refractivity contribution in [3.8, 4) is 0 Å². The second-order valence-electron chi connectivity index (χ2n) is 18.9. The number of ether oxygens (including phenoxy) is 1. The van der Waals surface area contributed by atoms with E-state index in [4.69, 9.17) is 9.84 Å². The van der Waals surface area contributed by atoms with Gasteiger partial charge in [0.15, 0.2) is 0 Å². The average Bonchev–Trinajstić information content (AvgIpc) is 3.15. The van der Waals surface area contributed by atoms with Crippen LogP contribution in [0.2, 0.25) is 0 Å². The number of carbonyl (C=O) groups excluding carboxylic acids is 2. The van der Waals surface area contributed by atoms with Crippen molar-refractivity contribution in [3.05, 3.63) is 0 Å². The van der Waals surface area contributed by atoms with Crippen molar-refractivity contribution in [2.45, 2.75) is 165 Å². The number of carboxylic acids is 1. The number of esters is 1. The van der Waals surface area contributed by atoms with Gasteiger partial charge in [0.1, 0.15) is 6.10 Å². The highest BCUT2D eigenvalue weighted by molar-refractivity contribution is 5.71. The van der Waals surface area contributed by atoms with Crippen LogP contribution in [0.15, 0.2) is 0 Å². The molecule has 5 aliphatic rings. The Morgan fingerprint density at radius 3 is 2.16 bits per heavy atom. The first-order chi connectivity index (χ1) is 23.5. The normalized spacial score (nSPS) is 36.8. The molecular weight excluding hydrogens is 624 g/mol. The third-order valence-electron chi connectivity index (χ3n) is 14.9. The molecule has 0 aromatic heterocycles. The van der Waals surface area contributed by atoms with Crippen LogP contribution in [-0.4, -0.2) is 72.6 Å². The summed E-state index contributed by atoms with van der Waals surface area (Å²) in [4.78, 5) is 38.5. The Kier molecular flexibility index (Phi) is 15.3. The maximum absolute atomic E-state index is 13.2. The lowest BCUT2D eigenvalue weighted by atomic mass is 9.38. The van der Waals surface area contributed by atoms with Crippen molar-refractivity contribution in [2.75, 3.05) is 33.2 Å². The standard InChI is InChI=1S/C35H60O4.C6H12N2O.C2H6/c1-9-11-24-23(2)13-15-26-25(24)14-16-28-34(26,7)21-17-27-33(5,6)29(12-10-19-35(27,28)8)39-31(38)22-32(3,4)20-18-30(36)37;1-7-2-4-8(6-9)5-3-7;1-2/h23-29H,9-22H2,1-8H3,(H,36,37);6H,2-5H2,1H3;1-2H3/t23?,24?,25-,26?,27?,28?,29?,34+,35+;;/m1../s1. The van der Waals surface area contributed by atoms with Crippen LogP contribution in [0.25, 0.3) is 0 Å². The molecule has 7 nitrogen and oxygen atoms in total. The molecule has 290 valence electrons. The highest BCUT2D eigenvalue weighted by Crippen LogP contribution is 2.70. The van der Waals surface area contributed by atoms with E-state index in [1.165, 1.54) is 57.8 Å². The Bertz CT molecular complexity index is 1100. The van der Waals surface area contributed by atoms with E-state index in [-0.39, 0.29) is 35.7 Å². The zero-order chi connectivity index (χ0) is 37.5. The fourth-order valence-electron chi connectivity index (χ4n) is 12.2. The van der Waals surface area contributed by atoms with Crippen molar-refractivity contribution in [3.63, 3.8) is 0 Å². The molecule has 0 spiro atoms. The van der Waals surface area contributed by atoms with E-state index < -0.39 is 5.97 Å². The van der Waals surface area contributed by atoms with Crippen LogP contribution < -0.4 is 0 Å². The Morgan fingerprint density at radius 2 is 1.56 bits per heavy atom. The molecule has 4 saturated carbocycles. The maximum Gasteiger partial charge on any atom is 0.306 e. The van der Waals surface area contributed by atoms with Crippen molar-refractivity contribution in [1.82, 2.24) is 9.80 Å². The third kappa shape index (κ3) is 9.67. The number of rotatable bonds is 9. The molecule has 0 radical (unpaired) electrons. The number of carbonyl (C=O) groups is 3. The Morgan fingerprint density at radius 1 is 0.900 bits per heavy atom. The molecule has 9 atom stereocenters. The Labute approximate surface area is 307 Å². The lowest BCUT2D eigenvalue weighted by Gasteiger charge is -2.66. The van der Waals surface area contributed by atoms with Gasteiger partial charge in [0.25, 0.3) is 0 Å². The van der Waals surface area contributed by atoms with Gasteiger partial charge in [-0.15, -0.1) is 0 Å². The molecule has 50 heavy (non-hydrogen) atoms. The van der Waals surface area contributed by atoms with E-state index in [0.717, 1.165) is 75.0 Å². The van der Waals surface area contributed by atoms with Gasteiger partial charge in [0.2, 0.25) is 6.41 Å². The molecule has 0 aromatic rings. The molecule has 1 N–H and O–H groups in total. The fourth-order valence-corrected chi connectivity index (χ4v) is 12.2. The summed E-state index contributed by atoms with van der Waals surface area (Å²) in [6.07, 6.45) is 16.1. The van der Waals surface area contributed by atoms with E-state index in [0.29, 0.717) is 23.2 Å². The molecule has 0 bridgehead atoms. The van der Waals surface area contributed by atoms with Gasteiger partial charge in [-0.05, 0) is 117 Å². The summed E-state index contributed by atoms with van der Waals surface area (Å²) in [5.74, 6) is 4.00. The number of likely N-dealkylation sites (N-methyl/N-ethyl adjacent to an activating group) is 1. The summed E-state index contributed by atoms with van der Waals surface area (Å²) in [5, 5.41) is 9.10. The highest BCUT2D eigenvalue weighted by Gasteiger charge is 2.64. The fraction of sp³-hybridized carbons (Fsp3) is 0.930. The molecule has 5 fully saturated rings. The summed E-state index contributed by atoms with van der Waals surface area (Å²) in [7, 11) is 2.07. The smallest absolute Gasteiger partial charge is 0.306 e. The number of hydrogen-bond acceptors (Lipinski definition) is 5. The predicted octanol–water partition coefficient (Wildman–Crippen LogP) is 9.72. The van der Waals surface area contributed by atoms with Crippen LogP contribution in [0.4, 0.5) is 0 Å². The van der Waals surface area contributed by atoms with E-state index >= 15 is 0 Å². The minimum absolute atomic E-state index is 0.0581. The molecule has 1 amide bonds. The van der Waals surface area contributed by atoms with Crippen molar-refractivity contribution in [1.29, 1.82) is 0 Å². The van der Waals surface area contributed by atoms with Gasteiger partial charge in [-0.2, -0.15) is 0 Å². The van der Waals surface area contributed by atoms with Gasteiger partial charge in [-0.1, -0.05) is 88.5 Å². The van der Waals surface area contributed by atoms with Crippen LogP contribution >= 0.6 is 0 Å². The minimum Gasteiger partial charge on any atom is -0.481 e. The number of hydrogen-bond donors (Lipinski definition) is 1. The molecule has 1 saturated heterocycles. The lowest BCUT2D eigenvalue weighted by Crippen LogP contribution is -2.60. The number of carboxylic acid groups (broad SMARTS) is 1. The summed E-state index contributed by atoms with van der Waals surface area (Å²) in [5.41, 5.74) is 0.321. The van der Waals surface area contributed by atoms with Gasteiger partial charge in [-0.3, -0.25) is 14.4 Å². The van der Waals surface area contributed by atoms with Crippen molar-refractivity contribution in [2.24, 2.45) is 57.2 Å². The van der Waals surface area contributed by atoms with E-state index in [1.54, 1.807) is 4.90 Å². The number of nitrogens with zero attached hydrogens (tertiary/aromatic N) is 2. The second-order valence-corrected chi connectivity index (χ2v) is 18.9. The molecule has 7 heteroatoms. The zero-order valence-corrected chi connectivity index (χ0v) is 34.3. The Balaban J connectivity index is 0.000000528. The summed E-state index contributed by atoms with van der Waals surface area (Å²) in [6, 6.07) is 0. The minimum atomic E-state index is -0.803. The summed E-state index contributed by atoms with van der Waals surface area (Å²) < 4.78 is 6.34. The summed E-state index contributed by atoms with van der Waals surface area (Å²) in [6.45, 7) is 26.8. The van der Waals surface area contributed by atoms with Crippen LogP contribution in [0.1, 0.15) is 159 Å². The van der Waals surface area contributed by atoms with Crippen LogP contribution in [0, 0.1) is 57.2 Å². The first kappa shape index (κ1) is 42.8. The van der Waals surface area contributed by atoms with E-state index in [9.17, 15) is 14.4 Å². The third-order valence-corrected chi connectivity index (χ3v) is 14.9. The van der Waals surface area contributed by atoms with Crippen LogP contribution in [-0.2, 0) is 19.1 Å². The van der Waals surface area contributed by atoms with E-state index in [1.807, 2.05) is 27.7 Å². The lowest BCUT2D eigenvalue weighted by molar-refractivity contribution is -0.191. The molecule has 4 aliphatic carbocycles. The molecule has 6 unspecified atom stereocenters. The monoisotopic (exact) mass is 703 g/mol. The number of piperazine rings is 1. The number of aliphatic carboxylic acids is 1. The van der Waals surface area contributed by atoms with Gasteiger partial charge in [-0.25, -0.2) is 0 Å². The summed E-state index contributed by atoms with van der Waals surface area (Å²) >= 11 is 0. The van der Waals surface area contributed by atoms with E-state index in [2.05, 4.69) is 53.5 Å². The SMILES string of the molecule is CC.CCCC1C(C)CCC2[C@@H]1CCC1[C@@]2(C)CCC2C(C)(C)C(OC(=O)CC(C)(C)CCC(=O)O)CCC[C@@]21C.CN1CCN(C=O)CC1. The van der Waals surface area contributed by atoms with Gasteiger partial charge in [0, 0.05) is 38.0 Å². The van der Waals surface area contributed by atoms with Gasteiger partial charge in [0.05, 0.1) is 6.42 Å².